The normalized spacial score (nSPS) is 15.8. The number of rotatable bonds is 3. The van der Waals surface area contributed by atoms with Crippen LogP contribution >= 0.6 is 22.7 Å². The molecule has 0 unspecified atom stereocenters. The second kappa shape index (κ2) is 6.18. The first-order valence-corrected chi connectivity index (χ1v) is 9.19. The number of thiophene rings is 2. The maximum atomic E-state index is 9.64. The minimum atomic E-state index is 0.336. The molecule has 1 aliphatic heterocycles. The van der Waals surface area contributed by atoms with Crippen LogP contribution in [0.3, 0.4) is 0 Å². The molecule has 0 atom stereocenters. The summed E-state index contributed by atoms with van der Waals surface area (Å²) in [5.41, 5.74) is 4.21. The van der Waals surface area contributed by atoms with E-state index in [9.17, 15) is 5.11 Å². The molecule has 24 heavy (non-hydrogen) atoms. The predicted octanol–water partition coefficient (Wildman–Crippen LogP) is 1.95. The Morgan fingerprint density at radius 1 is 1.33 bits per heavy atom. The molecule has 0 bridgehead atoms. The first-order valence-electron chi connectivity index (χ1n) is 7.50. The molecule has 3 N–H and O–H groups in total. The quantitative estimate of drug-likeness (QED) is 0.671. The number of imidazole rings is 1. The van der Waals surface area contributed by atoms with Crippen molar-refractivity contribution in [3.8, 4) is 0 Å². The topological polar surface area (TPSA) is 62.1 Å². The number of nitrogens with one attached hydrogen (secondary N) is 2. The fourth-order valence-corrected chi connectivity index (χ4v) is 4.00. The molecule has 1 aliphatic rings. The third-order valence-corrected chi connectivity index (χ3v) is 5.76. The van der Waals surface area contributed by atoms with Crippen molar-refractivity contribution in [1.29, 1.82) is 0 Å². The third-order valence-electron chi connectivity index (χ3n) is 3.67. The van der Waals surface area contributed by atoms with Gasteiger partial charge in [-0.3, -0.25) is 5.43 Å². The summed E-state index contributed by atoms with van der Waals surface area (Å²) in [7, 11) is 0. The number of hydrogen-bond donors (Lipinski definition) is 3. The molecule has 0 saturated carbocycles. The van der Waals surface area contributed by atoms with E-state index in [-0.39, 0.29) is 0 Å². The number of hydrogen-bond acceptors (Lipinski definition) is 6. The minimum absolute atomic E-state index is 0.336. The Hall–Kier alpha value is -2.51. The molecular weight excluding hydrogens is 340 g/mol. The van der Waals surface area contributed by atoms with Gasteiger partial charge in [-0.2, -0.15) is 0 Å². The van der Waals surface area contributed by atoms with Crippen molar-refractivity contribution in [2.24, 2.45) is 0 Å². The van der Waals surface area contributed by atoms with Crippen molar-refractivity contribution >= 4 is 34.5 Å². The van der Waals surface area contributed by atoms with E-state index < -0.39 is 0 Å². The first kappa shape index (κ1) is 15.0. The first-order chi connectivity index (χ1) is 11.7. The monoisotopic (exact) mass is 356 g/mol. The van der Waals surface area contributed by atoms with E-state index in [4.69, 9.17) is 0 Å². The van der Waals surface area contributed by atoms with Gasteiger partial charge in [0.2, 0.25) is 0 Å². The number of fused-ring (bicyclic) bond motifs is 1. The molecule has 7 heteroatoms. The average molecular weight is 356 g/mol. The van der Waals surface area contributed by atoms with Gasteiger partial charge in [0.25, 0.3) is 0 Å². The van der Waals surface area contributed by atoms with E-state index in [1.807, 2.05) is 35.2 Å². The zero-order valence-corrected chi connectivity index (χ0v) is 14.6. The molecule has 0 saturated heterocycles. The number of aliphatic hydroxyl groups excluding tert-OH is 1. The zero-order valence-electron chi connectivity index (χ0n) is 13.0. The number of aliphatic hydroxyl groups is 1. The second-order valence-corrected chi connectivity index (χ2v) is 7.49. The van der Waals surface area contributed by atoms with Gasteiger partial charge in [0, 0.05) is 4.88 Å². The fraction of sp³-hybridized carbons (Fsp3) is 0.118. The van der Waals surface area contributed by atoms with Crippen LogP contribution in [0.5, 0.6) is 0 Å². The Balaban J connectivity index is 1.69. The van der Waals surface area contributed by atoms with Crippen molar-refractivity contribution in [2.75, 3.05) is 5.43 Å². The van der Waals surface area contributed by atoms with Gasteiger partial charge >= 0.3 is 0 Å². The standard InChI is InChI=1S/C17H16N4OS2/c1-11(22)14-4-5-15(24-14)13-10-19-17-7-6-16(20-21(13)17)18-9-12-3-2-8-23-12/h2-8,10,18,20,22H,9H2,1H3/b14-11-,15-13+. The van der Waals surface area contributed by atoms with Crippen molar-refractivity contribution in [3.63, 3.8) is 0 Å². The summed E-state index contributed by atoms with van der Waals surface area (Å²) >= 11 is 3.28. The lowest BCUT2D eigenvalue weighted by atomic mass is 10.4. The molecule has 0 spiro atoms. The summed E-state index contributed by atoms with van der Waals surface area (Å²) in [6, 6.07) is 8.09. The summed E-state index contributed by atoms with van der Waals surface area (Å²) in [6.45, 7) is 2.48. The van der Waals surface area contributed by atoms with E-state index >= 15 is 0 Å². The van der Waals surface area contributed by atoms with E-state index in [2.05, 4.69) is 33.2 Å². The molecule has 122 valence electrons. The largest absolute Gasteiger partial charge is 0.511 e. The molecule has 0 amide bonds. The van der Waals surface area contributed by atoms with Crippen molar-refractivity contribution < 1.29 is 5.11 Å². The summed E-state index contributed by atoms with van der Waals surface area (Å²) in [5, 5.41) is 16.1. The molecule has 0 aromatic carbocycles. The lowest BCUT2D eigenvalue weighted by Crippen LogP contribution is -2.35. The predicted molar refractivity (Wildman–Crippen MR) is 98.2 cm³/mol. The van der Waals surface area contributed by atoms with Gasteiger partial charge in [-0.25, -0.2) is 9.66 Å². The van der Waals surface area contributed by atoms with Gasteiger partial charge in [0.15, 0.2) is 5.48 Å². The van der Waals surface area contributed by atoms with Crippen LogP contribution in [0.1, 0.15) is 11.8 Å². The Labute approximate surface area is 146 Å². The van der Waals surface area contributed by atoms with Gasteiger partial charge in [0.05, 0.1) is 21.8 Å². The lowest BCUT2D eigenvalue weighted by molar-refractivity contribution is 0.500. The highest BCUT2D eigenvalue weighted by Crippen LogP contribution is 2.09. The highest BCUT2D eigenvalue weighted by Gasteiger charge is 2.07. The molecular formula is C17H16N4OS2. The summed E-state index contributed by atoms with van der Waals surface area (Å²) < 4.78 is 3.88. The molecule has 0 aliphatic carbocycles. The molecule has 4 heterocycles. The van der Waals surface area contributed by atoms with Crippen LogP contribution in [0.25, 0.3) is 11.8 Å². The van der Waals surface area contributed by atoms with Crippen LogP contribution in [-0.2, 0) is 6.54 Å². The molecule has 0 radical (unpaired) electrons. The van der Waals surface area contributed by atoms with E-state index in [0.29, 0.717) is 5.76 Å². The summed E-state index contributed by atoms with van der Waals surface area (Å²) in [6.07, 6.45) is 5.82. The van der Waals surface area contributed by atoms with Crippen molar-refractivity contribution in [1.82, 2.24) is 15.0 Å². The lowest BCUT2D eigenvalue weighted by Gasteiger charge is -2.16. The van der Waals surface area contributed by atoms with E-state index in [0.717, 1.165) is 32.3 Å². The Kier molecular flexibility index (Phi) is 3.87. The minimum Gasteiger partial charge on any atom is -0.511 e. The third kappa shape index (κ3) is 2.83. The number of aromatic nitrogens is 2. The Bertz CT molecular complexity index is 1100. The van der Waals surface area contributed by atoms with Gasteiger partial charge in [-0.15, -0.1) is 22.7 Å². The van der Waals surface area contributed by atoms with Crippen LogP contribution < -0.4 is 20.8 Å². The second-order valence-electron chi connectivity index (χ2n) is 5.38. The van der Waals surface area contributed by atoms with Crippen LogP contribution in [0, 0.1) is 9.88 Å². The van der Waals surface area contributed by atoms with Gasteiger partial charge in [0.1, 0.15) is 16.9 Å². The molecule has 3 aromatic heterocycles. The number of allylic oxidation sites excluding steroid dienone is 1. The Morgan fingerprint density at radius 2 is 2.25 bits per heavy atom. The van der Waals surface area contributed by atoms with Crippen molar-refractivity contribution in [2.45, 2.75) is 13.5 Å². The van der Waals surface area contributed by atoms with Gasteiger partial charge in [-0.1, -0.05) is 6.07 Å². The smallest absolute Gasteiger partial charge is 0.152 e. The summed E-state index contributed by atoms with van der Waals surface area (Å²) in [5.74, 6) is 1.26. The highest BCUT2D eigenvalue weighted by atomic mass is 32.1. The SMILES string of the molecule is C/C(O)=c1\cc/c(=c2/cnc3n2NC(NCc2cccs2)=CC=3)s1. The van der Waals surface area contributed by atoms with E-state index in [1.54, 1.807) is 29.6 Å². The maximum absolute atomic E-state index is 9.64. The fourth-order valence-electron chi connectivity index (χ4n) is 2.45. The Morgan fingerprint density at radius 3 is 3.00 bits per heavy atom. The molecule has 5 nitrogen and oxygen atoms in total. The van der Waals surface area contributed by atoms with Gasteiger partial charge < -0.3 is 10.4 Å². The maximum Gasteiger partial charge on any atom is 0.152 e. The van der Waals surface area contributed by atoms with Crippen LogP contribution in [0.4, 0.5) is 0 Å². The number of nitrogens with zero attached hydrogens (tertiary/aromatic N) is 2. The van der Waals surface area contributed by atoms with Crippen LogP contribution in [-0.4, -0.2) is 14.8 Å². The zero-order chi connectivity index (χ0) is 16.5. The molecule has 0 fully saturated rings. The van der Waals surface area contributed by atoms with Crippen LogP contribution in [0.2, 0.25) is 0 Å². The highest BCUT2D eigenvalue weighted by molar-refractivity contribution is 7.09. The van der Waals surface area contributed by atoms with Gasteiger partial charge in [-0.05, 0) is 42.7 Å². The molecule has 3 aromatic rings. The summed E-state index contributed by atoms with van der Waals surface area (Å²) in [4.78, 5) is 5.73. The van der Waals surface area contributed by atoms with Crippen LogP contribution in [0.15, 0.2) is 47.7 Å². The molecule has 4 rings (SSSR count). The van der Waals surface area contributed by atoms with E-state index in [1.165, 1.54) is 4.88 Å². The van der Waals surface area contributed by atoms with Crippen molar-refractivity contribution in [3.05, 3.63) is 72.5 Å². The average Bonchev–Trinajstić information content (AvgIpc) is 3.31.